The largest absolute Gasteiger partial charge is 0.481 e. The Bertz CT molecular complexity index is 244. The second-order valence-electron chi connectivity index (χ2n) is 4.23. The molecule has 0 heterocycles. The van der Waals surface area contributed by atoms with Gasteiger partial charge in [-0.05, 0) is 33.2 Å². The van der Waals surface area contributed by atoms with Crippen LogP contribution in [0.25, 0.3) is 0 Å². The smallest absolute Gasteiger partial charge is 0.303 e. The zero-order chi connectivity index (χ0) is 13.3. The maximum Gasteiger partial charge on any atom is 0.303 e. The Hall–Kier alpha value is -1.10. The Morgan fingerprint density at radius 1 is 1.29 bits per heavy atom. The van der Waals surface area contributed by atoms with Crippen LogP contribution < -0.4 is 5.32 Å². The van der Waals surface area contributed by atoms with Gasteiger partial charge in [-0.15, -0.1) is 0 Å². The summed E-state index contributed by atoms with van der Waals surface area (Å²) in [7, 11) is 1.79. The molecule has 0 aliphatic rings. The molecule has 0 saturated heterocycles. The van der Waals surface area contributed by atoms with Gasteiger partial charge in [0.25, 0.3) is 0 Å². The highest BCUT2D eigenvalue weighted by molar-refractivity contribution is 5.81. The number of carbonyl (C=O) groups excluding carboxylic acids is 1. The van der Waals surface area contributed by atoms with Crippen LogP contribution in [0.3, 0.4) is 0 Å². The van der Waals surface area contributed by atoms with Gasteiger partial charge in [-0.3, -0.25) is 9.59 Å². The molecule has 0 saturated carbocycles. The summed E-state index contributed by atoms with van der Waals surface area (Å²) in [6.07, 6.45) is 2.71. The highest BCUT2D eigenvalue weighted by Crippen LogP contribution is 1.99. The number of rotatable bonds is 9. The van der Waals surface area contributed by atoms with Gasteiger partial charge in [-0.1, -0.05) is 6.42 Å². The number of nitrogens with zero attached hydrogens (tertiary/aromatic N) is 1. The number of unbranched alkanes of at least 4 members (excludes halogenated alkanes) is 2. The summed E-state index contributed by atoms with van der Waals surface area (Å²) in [6, 6.07) is -0.167. The number of likely N-dealkylation sites (N-methyl/N-ethyl adjacent to an activating group) is 1. The molecule has 0 aliphatic heterocycles. The molecule has 2 N–H and O–H groups in total. The fourth-order valence-corrected chi connectivity index (χ4v) is 1.47. The number of hydrogen-bond acceptors (Lipinski definition) is 3. The molecule has 0 rings (SSSR count). The van der Waals surface area contributed by atoms with Gasteiger partial charge in [0.1, 0.15) is 0 Å². The third kappa shape index (κ3) is 7.74. The first kappa shape index (κ1) is 15.9. The number of amides is 1. The summed E-state index contributed by atoms with van der Waals surface area (Å²) >= 11 is 0. The number of nitrogens with one attached hydrogen (secondary N) is 1. The van der Waals surface area contributed by atoms with E-state index >= 15 is 0 Å². The van der Waals surface area contributed by atoms with Crippen LogP contribution in [-0.2, 0) is 9.59 Å². The van der Waals surface area contributed by atoms with Crippen molar-refractivity contribution in [2.24, 2.45) is 0 Å². The van der Waals surface area contributed by atoms with Crippen LogP contribution in [0.1, 0.15) is 39.5 Å². The molecule has 0 aromatic heterocycles. The lowest BCUT2D eigenvalue weighted by atomic mass is 10.2. The fourth-order valence-electron chi connectivity index (χ4n) is 1.47. The molecule has 1 amide bonds. The van der Waals surface area contributed by atoms with Crippen molar-refractivity contribution in [1.29, 1.82) is 0 Å². The average Bonchev–Trinajstić information content (AvgIpc) is 2.30. The van der Waals surface area contributed by atoms with E-state index in [-0.39, 0.29) is 18.4 Å². The molecular formula is C12H24N2O3. The first-order valence-corrected chi connectivity index (χ1v) is 6.19. The fraction of sp³-hybridized carbons (Fsp3) is 0.833. The quantitative estimate of drug-likeness (QED) is 0.596. The molecule has 100 valence electrons. The highest BCUT2D eigenvalue weighted by Gasteiger charge is 2.14. The summed E-state index contributed by atoms with van der Waals surface area (Å²) in [5, 5.41) is 11.6. The van der Waals surface area contributed by atoms with Crippen LogP contribution in [0, 0.1) is 0 Å². The molecule has 0 aromatic carbocycles. The molecule has 0 radical (unpaired) electrons. The molecule has 17 heavy (non-hydrogen) atoms. The van der Waals surface area contributed by atoms with Gasteiger partial charge in [-0.2, -0.15) is 0 Å². The molecule has 0 spiro atoms. The van der Waals surface area contributed by atoms with Gasteiger partial charge in [0.15, 0.2) is 0 Å². The predicted molar refractivity (Wildman–Crippen MR) is 66.9 cm³/mol. The van der Waals surface area contributed by atoms with E-state index in [9.17, 15) is 9.59 Å². The van der Waals surface area contributed by atoms with Crippen molar-refractivity contribution in [3.8, 4) is 0 Å². The summed E-state index contributed by atoms with van der Waals surface area (Å²) in [5.41, 5.74) is 0. The second-order valence-corrected chi connectivity index (χ2v) is 4.23. The molecule has 1 unspecified atom stereocenters. The van der Waals surface area contributed by atoms with Gasteiger partial charge >= 0.3 is 5.97 Å². The van der Waals surface area contributed by atoms with Crippen molar-refractivity contribution in [1.82, 2.24) is 10.2 Å². The van der Waals surface area contributed by atoms with Gasteiger partial charge in [0.05, 0.1) is 6.04 Å². The first-order chi connectivity index (χ1) is 7.99. The Morgan fingerprint density at radius 2 is 1.94 bits per heavy atom. The molecule has 5 heteroatoms. The SMILES string of the molecule is CCN(C)C(=O)C(C)NCCCCCC(=O)O. The molecule has 1 atom stereocenters. The van der Waals surface area contributed by atoms with Crippen molar-refractivity contribution in [3.05, 3.63) is 0 Å². The highest BCUT2D eigenvalue weighted by atomic mass is 16.4. The normalized spacial score (nSPS) is 12.2. The van der Waals surface area contributed by atoms with Crippen molar-refractivity contribution in [2.75, 3.05) is 20.1 Å². The Labute approximate surface area is 103 Å². The lowest BCUT2D eigenvalue weighted by molar-refractivity contribution is -0.137. The standard InChI is InChI=1S/C12H24N2O3/c1-4-14(3)12(17)10(2)13-9-7-5-6-8-11(15)16/h10,13H,4-9H2,1-3H3,(H,15,16). The van der Waals surface area contributed by atoms with Crippen LogP contribution >= 0.6 is 0 Å². The number of aliphatic carboxylic acids is 1. The van der Waals surface area contributed by atoms with Crippen LogP contribution in [0.5, 0.6) is 0 Å². The van der Waals surface area contributed by atoms with Crippen molar-refractivity contribution in [3.63, 3.8) is 0 Å². The summed E-state index contributed by atoms with van der Waals surface area (Å²) < 4.78 is 0. The van der Waals surface area contributed by atoms with Crippen LogP contribution in [0.2, 0.25) is 0 Å². The van der Waals surface area contributed by atoms with Crippen LogP contribution in [-0.4, -0.2) is 48.1 Å². The molecular weight excluding hydrogens is 220 g/mol. The lowest BCUT2D eigenvalue weighted by Gasteiger charge is -2.20. The minimum Gasteiger partial charge on any atom is -0.481 e. The topological polar surface area (TPSA) is 69.6 Å². The summed E-state index contributed by atoms with van der Waals surface area (Å²) in [6.45, 7) is 5.26. The minimum atomic E-state index is -0.744. The number of carbonyl (C=O) groups is 2. The van der Waals surface area contributed by atoms with Gasteiger partial charge in [0, 0.05) is 20.0 Å². The van der Waals surface area contributed by atoms with Crippen molar-refractivity contribution in [2.45, 2.75) is 45.6 Å². The van der Waals surface area contributed by atoms with Gasteiger partial charge in [0.2, 0.25) is 5.91 Å². The van der Waals surface area contributed by atoms with E-state index in [4.69, 9.17) is 5.11 Å². The van der Waals surface area contributed by atoms with Crippen molar-refractivity contribution >= 4 is 11.9 Å². The van der Waals surface area contributed by atoms with E-state index < -0.39 is 5.97 Å². The zero-order valence-corrected chi connectivity index (χ0v) is 11.0. The number of hydrogen-bond donors (Lipinski definition) is 2. The van der Waals surface area contributed by atoms with Gasteiger partial charge in [-0.25, -0.2) is 0 Å². The maximum absolute atomic E-state index is 11.7. The molecule has 5 nitrogen and oxygen atoms in total. The Balaban J connectivity index is 3.54. The second kappa shape index (κ2) is 8.98. The Morgan fingerprint density at radius 3 is 2.47 bits per heavy atom. The lowest BCUT2D eigenvalue weighted by Crippen LogP contribution is -2.43. The molecule has 0 fully saturated rings. The summed E-state index contributed by atoms with van der Waals surface area (Å²) in [5.74, 6) is -0.649. The minimum absolute atomic E-state index is 0.0954. The monoisotopic (exact) mass is 244 g/mol. The number of carboxylic acids is 1. The van der Waals surface area contributed by atoms with E-state index in [0.29, 0.717) is 13.0 Å². The molecule has 0 aromatic rings. The van der Waals surface area contributed by atoms with Gasteiger partial charge < -0.3 is 15.3 Å². The molecule has 0 bridgehead atoms. The third-order valence-electron chi connectivity index (χ3n) is 2.74. The van der Waals surface area contributed by atoms with E-state index in [1.807, 2.05) is 13.8 Å². The zero-order valence-electron chi connectivity index (χ0n) is 11.0. The maximum atomic E-state index is 11.7. The first-order valence-electron chi connectivity index (χ1n) is 6.19. The van der Waals surface area contributed by atoms with Crippen molar-refractivity contribution < 1.29 is 14.7 Å². The van der Waals surface area contributed by atoms with Crippen LogP contribution in [0.4, 0.5) is 0 Å². The van der Waals surface area contributed by atoms with E-state index in [2.05, 4.69) is 5.32 Å². The predicted octanol–water partition coefficient (Wildman–Crippen LogP) is 1.09. The van der Waals surface area contributed by atoms with Crippen LogP contribution in [0.15, 0.2) is 0 Å². The van der Waals surface area contributed by atoms with E-state index in [1.165, 1.54) is 0 Å². The van der Waals surface area contributed by atoms with E-state index in [0.717, 1.165) is 19.4 Å². The molecule has 0 aliphatic carbocycles. The third-order valence-corrected chi connectivity index (χ3v) is 2.74. The summed E-state index contributed by atoms with van der Waals surface area (Å²) in [4.78, 5) is 23.6. The number of carboxylic acid groups (broad SMARTS) is 1. The average molecular weight is 244 g/mol. The van der Waals surface area contributed by atoms with E-state index in [1.54, 1.807) is 11.9 Å². The Kier molecular flexibility index (Phi) is 8.40.